The van der Waals surface area contributed by atoms with Crippen LogP contribution in [-0.2, 0) is 0 Å². The van der Waals surface area contributed by atoms with Crippen molar-refractivity contribution in [1.29, 1.82) is 0 Å². The van der Waals surface area contributed by atoms with E-state index in [0.717, 1.165) is 13.1 Å². The maximum absolute atomic E-state index is 5.36. The molecule has 100 valence electrons. The molecule has 0 aliphatic carbocycles. The number of nitrogens with zero attached hydrogens (tertiary/aromatic N) is 3. The number of nitrogens with one attached hydrogen (secondary N) is 1. The molecule has 1 aromatic heterocycles. The molecule has 0 amide bonds. The van der Waals surface area contributed by atoms with E-state index in [-0.39, 0.29) is 0 Å². The standard InChI is InChI=1S/C13H22N4O/c1-3-17-9-5-6-11(17)10-15-13-14-8-7-12(16-13)18-4-2/h7-8,11H,3-6,9-10H2,1-2H3,(H,14,15,16). The highest BCUT2D eigenvalue weighted by Gasteiger charge is 2.22. The molecule has 0 saturated carbocycles. The van der Waals surface area contributed by atoms with Gasteiger partial charge in [0.05, 0.1) is 6.61 Å². The molecule has 2 heterocycles. The first-order chi connectivity index (χ1) is 8.83. The molecule has 0 bridgehead atoms. The van der Waals surface area contributed by atoms with Crippen molar-refractivity contribution < 1.29 is 4.74 Å². The lowest BCUT2D eigenvalue weighted by Crippen LogP contribution is -2.34. The number of hydrogen-bond donors (Lipinski definition) is 1. The van der Waals surface area contributed by atoms with Crippen molar-refractivity contribution in [2.75, 3.05) is 31.6 Å². The fourth-order valence-electron chi connectivity index (χ4n) is 2.41. The molecule has 1 saturated heterocycles. The van der Waals surface area contributed by atoms with E-state index in [0.29, 0.717) is 24.5 Å². The van der Waals surface area contributed by atoms with E-state index >= 15 is 0 Å². The van der Waals surface area contributed by atoms with Crippen molar-refractivity contribution >= 4 is 5.95 Å². The number of likely N-dealkylation sites (tertiary alicyclic amines) is 1. The third-order valence-corrected chi connectivity index (χ3v) is 3.32. The molecule has 0 radical (unpaired) electrons. The van der Waals surface area contributed by atoms with E-state index < -0.39 is 0 Å². The SMILES string of the molecule is CCOc1ccnc(NCC2CCCN2CC)n1. The van der Waals surface area contributed by atoms with E-state index in [9.17, 15) is 0 Å². The van der Waals surface area contributed by atoms with Gasteiger partial charge in [0.2, 0.25) is 11.8 Å². The van der Waals surface area contributed by atoms with Gasteiger partial charge in [0.1, 0.15) is 0 Å². The summed E-state index contributed by atoms with van der Waals surface area (Å²) in [6.45, 7) is 8.03. The predicted molar refractivity (Wildman–Crippen MR) is 72.0 cm³/mol. The largest absolute Gasteiger partial charge is 0.478 e. The Bertz CT molecular complexity index is 372. The van der Waals surface area contributed by atoms with Crippen molar-refractivity contribution in [3.8, 4) is 5.88 Å². The highest BCUT2D eigenvalue weighted by atomic mass is 16.5. The minimum atomic E-state index is 0.606. The zero-order chi connectivity index (χ0) is 12.8. The Balaban J connectivity index is 1.87. The molecule has 1 aromatic rings. The van der Waals surface area contributed by atoms with Gasteiger partial charge in [-0.1, -0.05) is 6.92 Å². The van der Waals surface area contributed by atoms with E-state index in [2.05, 4.69) is 27.1 Å². The first-order valence-electron chi connectivity index (χ1n) is 6.77. The molecular formula is C13H22N4O. The number of aromatic nitrogens is 2. The number of rotatable bonds is 6. The van der Waals surface area contributed by atoms with Crippen LogP contribution in [0.15, 0.2) is 12.3 Å². The third kappa shape index (κ3) is 3.32. The van der Waals surface area contributed by atoms with Gasteiger partial charge in [0, 0.05) is 24.8 Å². The Morgan fingerprint density at radius 2 is 2.39 bits per heavy atom. The van der Waals surface area contributed by atoms with Gasteiger partial charge in [-0.05, 0) is 32.9 Å². The highest BCUT2D eigenvalue weighted by molar-refractivity contribution is 5.27. The van der Waals surface area contributed by atoms with Crippen molar-refractivity contribution in [2.24, 2.45) is 0 Å². The van der Waals surface area contributed by atoms with Crippen LogP contribution in [0.3, 0.4) is 0 Å². The van der Waals surface area contributed by atoms with Gasteiger partial charge in [-0.3, -0.25) is 4.90 Å². The lowest BCUT2D eigenvalue weighted by Gasteiger charge is -2.22. The van der Waals surface area contributed by atoms with E-state index in [1.165, 1.54) is 19.4 Å². The zero-order valence-electron chi connectivity index (χ0n) is 11.2. The number of hydrogen-bond acceptors (Lipinski definition) is 5. The summed E-state index contributed by atoms with van der Waals surface area (Å²) in [6.07, 6.45) is 4.28. The van der Waals surface area contributed by atoms with E-state index in [4.69, 9.17) is 4.74 Å². The van der Waals surface area contributed by atoms with Crippen LogP contribution in [0.5, 0.6) is 5.88 Å². The monoisotopic (exact) mass is 250 g/mol. The first kappa shape index (κ1) is 13.1. The highest BCUT2D eigenvalue weighted by Crippen LogP contribution is 2.17. The fourth-order valence-corrected chi connectivity index (χ4v) is 2.41. The summed E-state index contributed by atoms with van der Waals surface area (Å²) in [5, 5.41) is 3.31. The lowest BCUT2D eigenvalue weighted by atomic mass is 10.2. The Labute approximate surface area is 109 Å². The average molecular weight is 250 g/mol. The van der Waals surface area contributed by atoms with Crippen molar-refractivity contribution in [3.63, 3.8) is 0 Å². The maximum Gasteiger partial charge on any atom is 0.225 e. The molecule has 0 spiro atoms. The Morgan fingerprint density at radius 1 is 1.50 bits per heavy atom. The van der Waals surface area contributed by atoms with Gasteiger partial charge in [-0.25, -0.2) is 4.98 Å². The topological polar surface area (TPSA) is 50.3 Å². The molecule has 1 aliphatic heterocycles. The second-order valence-electron chi connectivity index (χ2n) is 4.46. The number of likely N-dealkylation sites (N-methyl/N-ethyl adjacent to an activating group) is 1. The summed E-state index contributed by atoms with van der Waals surface area (Å²) in [7, 11) is 0. The molecule has 1 atom stereocenters. The van der Waals surface area contributed by atoms with Gasteiger partial charge in [0.25, 0.3) is 0 Å². The van der Waals surface area contributed by atoms with Crippen molar-refractivity contribution in [3.05, 3.63) is 12.3 Å². The first-order valence-corrected chi connectivity index (χ1v) is 6.77. The van der Waals surface area contributed by atoms with Gasteiger partial charge < -0.3 is 10.1 Å². The predicted octanol–water partition coefficient (Wildman–Crippen LogP) is 1.77. The fraction of sp³-hybridized carbons (Fsp3) is 0.692. The van der Waals surface area contributed by atoms with Crippen LogP contribution in [0, 0.1) is 0 Å². The van der Waals surface area contributed by atoms with Crippen molar-refractivity contribution in [1.82, 2.24) is 14.9 Å². The molecule has 1 N–H and O–H groups in total. The molecule has 5 heteroatoms. The minimum absolute atomic E-state index is 0.606. The molecule has 1 unspecified atom stereocenters. The second kappa shape index (κ2) is 6.54. The molecule has 1 aliphatic rings. The quantitative estimate of drug-likeness (QED) is 0.834. The van der Waals surface area contributed by atoms with Crippen LogP contribution in [0.1, 0.15) is 26.7 Å². The molecule has 18 heavy (non-hydrogen) atoms. The summed E-state index contributed by atoms with van der Waals surface area (Å²) in [6, 6.07) is 2.39. The lowest BCUT2D eigenvalue weighted by molar-refractivity contribution is 0.276. The smallest absolute Gasteiger partial charge is 0.225 e. The Hall–Kier alpha value is -1.36. The number of anilines is 1. The summed E-state index contributed by atoms with van der Waals surface area (Å²) in [5.41, 5.74) is 0. The normalized spacial score (nSPS) is 20.0. The van der Waals surface area contributed by atoms with Crippen LogP contribution in [0.25, 0.3) is 0 Å². The molecule has 1 fully saturated rings. The summed E-state index contributed by atoms with van der Waals surface area (Å²) in [4.78, 5) is 11.0. The molecule has 2 rings (SSSR count). The van der Waals surface area contributed by atoms with Crippen LogP contribution >= 0.6 is 0 Å². The summed E-state index contributed by atoms with van der Waals surface area (Å²) in [5.74, 6) is 1.29. The Kier molecular flexibility index (Phi) is 4.75. The summed E-state index contributed by atoms with van der Waals surface area (Å²) >= 11 is 0. The van der Waals surface area contributed by atoms with Crippen LogP contribution < -0.4 is 10.1 Å². The minimum Gasteiger partial charge on any atom is -0.478 e. The van der Waals surface area contributed by atoms with E-state index in [1.807, 2.05) is 6.92 Å². The van der Waals surface area contributed by atoms with Crippen molar-refractivity contribution in [2.45, 2.75) is 32.7 Å². The molecular weight excluding hydrogens is 228 g/mol. The van der Waals surface area contributed by atoms with Crippen LogP contribution in [0.2, 0.25) is 0 Å². The Morgan fingerprint density at radius 3 is 3.17 bits per heavy atom. The molecule has 5 nitrogen and oxygen atoms in total. The van der Waals surface area contributed by atoms with Gasteiger partial charge in [0.15, 0.2) is 0 Å². The van der Waals surface area contributed by atoms with Gasteiger partial charge in [-0.15, -0.1) is 0 Å². The second-order valence-corrected chi connectivity index (χ2v) is 4.46. The third-order valence-electron chi connectivity index (χ3n) is 3.32. The van der Waals surface area contributed by atoms with E-state index in [1.54, 1.807) is 12.3 Å². The summed E-state index contributed by atoms with van der Waals surface area (Å²) < 4.78 is 5.36. The van der Waals surface area contributed by atoms with Crippen LogP contribution in [-0.4, -0.2) is 47.2 Å². The average Bonchev–Trinajstić information content (AvgIpc) is 2.84. The number of ether oxygens (including phenoxy) is 1. The zero-order valence-corrected chi connectivity index (χ0v) is 11.2. The van der Waals surface area contributed by atoms with Crippen LogP contribution in [0.4, 0.5) is 5.95 Å². The molecule has 0 aromatic carbocycles. The van der Waals surface area contributed by atoms with Gasteiger partial charge >= 0.3 is 0 Å². The van der Waals surface area contributed by atoms with Gasteiger partial charge in [-0.2, -0.15) is 4.98 Å². The maximum atomic E-state index is 5.36.